The number of carbonyl (C=O) groups is 1. The Morgan fingerprint density at radius 1 is 0.833 bits per heavy atom. The van der Waals surface area contributed by atoms with E-state index in [0.29, 0.717) is 11.6 Å². The SMILES string of the molecule is CC(C)c1ccc(N(CC(=O)NN=C2CCCCCCCCCCC2)S(=O)(=O)c2ccccc2)cc1. The van der Waals surface area contributed by atoms with Gasteiger partial charge in [-0.05, 0) is 61.4 Å². The molecule has 0 spiro atoms. The van der Waals surface area contributed by atoms with Crippen molar-refractivity contribution in [1.82, 2.24) is 5.43 Å². The summed E-state index contributed by atoms with van der Waals surface area (Å²) in [7, 11) is -3.93. The van der Waals surface area contributed by atoms with Gasteiger partial charge in [0.25, 0.3) is 15.9 Å². The number of carbonyl (C=O) groups excluding carboxylic acids is 1. The standard InChI is InChI=1S/C29H41N3O3S/c1-24(2)25-19-21-27(22-20-25)32(36(34,35)28-17-13-10-14-18-28)23-29(33)31-30-26-15-11-8-6-4-3-5-7-9-12-16-26/h10,13-14,17-22,24H,3-9,11-12,15-16,23H2,1-2H3,(H,31,33). The Balaban J connectivity index is 1.76. The number of sulfonamides is 1. The molecule has 1 aliphatic carbocycles. The largest absolute Gasteiger partial charge is 0.271 e. The fourth-order valence-electron chi connectivity index (χ4n) is 4.50. The maximum absolute atomic E-state index is 13.5. The average Bonchev–Trinajstić information content (AvgIpc) is 2.87. The molecule has 7 heteroatoms. The summed E-state index contributed by atoms with van der Waals surface area (Å²) in [5.74, 6) is -0.121. The van der Waals surface area contributed by atoms with Gasteiger partial charge in [-0.25, -0.2) is 13.8 Å². The minimum Gasteiger partial charge on any atom is -0.271 e. The first-order valence-corrected chi connectivity index (χ1v) is 14.8. The van der Waals surface area contributed by atoms with Crippen molar-refractivity contribution in [3.8, 4) is 0 Å². The van der Waals surface area contributed by atoms with Gasteiger partial charge in [0.15, 0.2) is 0 Å². The molecular formula is C29H41N3O3S. The lowest BCUT2D eigenvalue weighted by atomic mass is 10.00. The summed E-state index contributed by atoms with van der Waals surface area (Å²) in [6, 6.07) is 15.6. The molecule has 1 saturated carbocycles. The lowest BCUT2D eigenvalue weighted by Gasteiger charge is -2.24. The molecule has 2 aromatic rings. The van der Waals surface area contributed by atoms with Crippen LogP contribution in [0.3, 0.4) is 0 Å². The first-order chi connectivity index (χ1) is 17.4. The summed E-state index contributed by atoms with van der Waals surface area (Å²) >= 11 is 0. The zero-order valence-electron chi connectivity index (χ0n) is 21.8. The van der Waals surface area contributed by atoms with E-state index in [1.165, 1.54) is 49.3 Å². The third-order valence-electron chi connectivity index (χ3n) is 6.74. The van der Waals surface area contributed by atoms with E-state index in [2.05, 4.69) is 24.4 Å². The van der Waals surface area contributed by atoms with E-state index < -0.39 is 15.9 Å². The summed E-state index contributed by atoms with van der Waals surface area (Å²) in [5.41, 5.74) is 5.22. The van der Waals surface area contributed by atoms with Gasteiger partial charge in [0, 0.05) is 5.71 Å². The van der Waals surface area contributed by atoms with E-state index in [-0.39, 0.29) is 11.4 Å². The van der Waals surface area contributed by atoms with E-state index in [4.69, 9.17) is 0 Å². The second-order valence-electron chi connectivity index (χ2n) is 9.97. The molecule has 1 aliphatic rings. The van der Waals surface area contributed by atoms with Crippen LogP contribution in [0.15, 0.2) is 64.6 Å². The summed E-state index contributed by atoms with van der Waals surface area (Å²) in [6.45, 7) is 3.83. The Bertz CT molecular complexity index is 1070. The molecule has 0 aromatic heterocycles. The van der Waals surface area contributed by atoms with Crippen LogP contribution in [0.2, 0.25) is 0 Å². The van der Waals surface area contributed by atoms with Gasteiger partial charge in [-0.15, -0.1) is 0 Å². The van der Waals surface area contributed by atoms with Crippen molar-refractivity contribution in [1.29, 1.82) is 0 Å². The Labute approximate surface area is 217 Å². The highest BCUT2D eigenvalue weighted by atomic mass is 32.2. The van der Waals surface area contributed by atoms with Gasteiger partial charge in [-0.2, -0.15) is 5.10 Å². The molecule has 1 amide bonds. The van der Waals surface area contributed by atoms with Crippen molar-refractivity contribution in [2.45, 2.75) is 95.3 Å². The number of amides is 1. The number of benzene rings is 2. The quantitative estimate of drug-likeness (QED) is 0.416. The fourth-order valence-corrected chi connectivity index (χ4v) is 5.94. The van der Waals surface area contributed by atoms with Crippen molar-refractivity contribution in [2.24, 2.45) is 5.10 Å². The highest BCUT2D eigenvalue weighted by molar-refractivity contribution is 7.92. The van der Waals surface area contributed by atoms with Crippen LogP contribution in [0.25, 0.3) is 0 Å². The van der Waals surface area contributed by atoms with Crippen molar-refractivity contribution in [3.63, 3.8) is 0 Å². The summed E-state index contributed by atoms with van der Waals surface area (Å²) in [5, 5.41) is 4.45. The molecular weight excluding hydrogens is 470 g/mol. The minimum atomic E-state index is -3.93. The van der Waals surface area contributed by atoms with Crippen LogP contribution in [-0.4, -0.2) is 26.6 Å². The normalized spacial score (nSPS) is 16.0. The molecule has 0 saturated heterocycles. The van der Waals surface area contributed by atoms with Crippen LogP contribution in [0, 0.1) is 0 Å². The van der Waals surface area contributed by atoms with Crippen molar-refractivity contribution in [3.05, 3.63) is 60.2 Å². The number of rotatable bonds is 7. The van der Waals surface area contributed by atoms with E-state index in [0.717, 1.165) is 37.0 Å². The first kappa shape index (κ1) is 27.9. The lowest BCUT2D eigenvalue weighted by molar-refractivity contribution is -0.119. The van der Waals surface area contributed by atoms with E-state index >= 15 is 0 Å². The Hall–Kier alpha value is -2.67. The van der Waals surface area contributed by atoms with Crippen LogP contribution in [-0.2, 0) is 14.8 Å². The molecule has 2 aromatic carbocycles. The summed E-state index contributed by atoms with van der Waals surface area (Å²) in [6.07, 6.45) is 12.7. The highest BCUT2D eigenvalue weighted by Crippen LogP contribution is 2.26. The van der Waals surface area contributed by atoms with Gasteiger partial charge in [-0.1, -0.05) is 89.1 Å². The molecule has 0 radical (unpaired) electrons. The topological polar surface area (TPSA) is 78.8 Å². The van der Waals surface area contributed by atoms with Crippen LogP contribution in [0.4, 0.5) is 5.69 Å². The van der Waals surface area contributed by atoms with Gasteiger partial charge in [-0.3, -0.25) is 9.10 Å². The smallest absolute Gasteiger partial charge is 0.264 e. The molecule has 0 bridgehead atoms. The number of nitrogens with one attached hydrogen (secondary N) is 1. The van der Waals surface area contributed by atoms with E-state index in [1.807, 2.05) is 12.1 Å². The van der Waals surface area contributed by atoms with Gasteiger partial charge >= 0.3 is 0 Å². The number of anilines is 1. The van der Waals surface area contributed by atoms with Gasteiger partial charge in [0.2, 0.25) is 0 Å². The predicted octanol–water partition coefficient (Wildman–Crippen LogP) is 6.78. The summed E-state index contributed by atoms with van der Waals surface area (Å²) in [4.78, 5) is 13.1. The maximum atomic E-state index is 13.5. The Morgan fingerprint density at radius 3 is 1.89 bits per heavy atom. The first-order valence-electron chi connectivity index (χ1n) is 13.4. The van der Waals surface area contributed by atoms with Crippen LogP contribution >= 0.6 is 0 Å². The van der Waals surface area contributed by atoms with Gasteiger partial charge in [0.05, 0.1) is 10.6 Å². The maximum Gasteiger partial charge on any atom is 0.264 e. The molecule has 0 unspecified atom stereocenters. The third kappa shape index (κ3) is 8.47. The van der Waals surface area contributed by atoms with Crippen molar-refractivity contribution >= 4 is 27.3 Å². The lowest BCUT2D eigenvalue weighted by Crippen LogP contribution is -2.39. The number of nitrogens with zero attached hydrogens (tertiary/aromatic N) is 2. The zero-order chi connectivity index (χ0) is 25.8. The molecule has 1 N–H and O–H groups in total. The molecule has 0 aliphatic heterocycles. The van der Waals surface area contributed by atoms with Crippen LogP contribution in [0.1, 0.15) is 96.0 Å². The molecule has 36 heavy (non-hydrogen) atoms. The van der Waals surface area contributed by atoms with Crippen LogP contribution in [0.5, 0.6) is 0 Å². The van der Waals surface area contributed by atoms with Gasteiger partial charge < -0.3 is 0 Å². The van der Waals surface area contributed by atoms with Crippen LogP contribution < -0.4 is 9.73 Å². The Morgan fingerprint density at radius 2 is 1.36 bits per heavy atom. The predicted molar refractivity (Wildman–Crippen MR) is 148 cm³/mol. The third-order valence-corrected chi connectivity index (χ3v) is 8.52. The zero-order valence-corrected chi connectivity index (χ0v) is 22.6. The number of hydrogen-bond acceptors (Lipinski definition) is 4. The fraction of sp³-hybridized carbons (Fsp3) is 0.517. The molecule has 0 atom stereocenters. The molecule has 3 rings (SSSR count). The van der Waals surface area contributed by atoms with E-state index in [1.54, 1.807) is 42.5 Å². The van der Waals surface area contributed by atoms with E-state index in [9.17, 15) is 13.2 Å². The molecule has 196 valence electrons. The molecule has 6 nitrogen and oxygen atoms in total. The number of hydrazone groups is 1. The monoisotopic (exact) mass is 511 g/mol. The Kier molecular flexibility index (Phi) is 11.0. The second kappa shape index (κ2) is 14.2. The summed E-state index contributed by atoms with van der Waals surface area (Å²) < 4.78 is 28.2. The highest BCUT2D eigenvalue weighted by Gasteiger charge is 2.27. The minimum absolute atomic E-state index is 0.149. The number of hydrogen-bond donors (Lipinski definition) is 1. The van der Waals surface area contributed by atoms with Crippen molar-refractivity contribution < 1.29 is 13.2 Å². The second-order valence-corrected chi connectivity index (χ2v) is 11.8. The van der Waals surface area contributed by atoms with Gasteiger partial charge in [0.1, 0.15) is 6.54 Å². The van der Waals surface area contributed by atoms with Crippen molar-refractivity contribution in [2.75, 3.05) is 10.8 Å². The molecule has 1 fully saturated rings. The average molecular weight is 512 g/mol. The molecule has 0 heterocycles.